The molecule has 0 aliphatic heterocycles. The van der Waals surface area contributed by atoms with Crippen LogP contribution in [0.4, 0.5) is 0 Å². The van der Waals surface area contributed by atoms with Crippen LogP contribution in [0.3, 0.4) is 0 Å². The molecule has 2 aliphatic carbocycles. The molecule has 0 spiro atoms. The Morgan fingerprint density at radius 2 is 1.39 bits per heavy atom. The molecule has 1 heteroatoms. The molecule has 106 valence electrons. The molecule has 0 aromatic heterocycles. The van der Waals surface area contributed by atoms with Crippen LogP contribution in [0.2, 0.25) is 0 Å². The van der Waals surface area contributed by atoms with Gasteiger partial charge in [-0.05, 0) is 62.3 Å². The highest BCUT2D eigenvalue weighted by molar-refractivity contribution is 4.81. The molecule has 2 atom stereocenters. The van der Waals surface area contributed by atoms with Gasteiger partial charge in [-0.25, -0.2) is 0 Å². The van der Waals surface area contributed by atoms with Gasteiger partial charge in [0.2, 0.25) is 0 Å². The first-order valence-corrected chi connectivity index (χ1v) is 8.40. The first-order chi connectivity index (χ1) is 8.67. The maximum Gasteiger partial charge on any atom is 0.00722 e. The minimum Gasteiger partial charge on any atom is -0.314 e. The summed E-state index contributed by atoms with van der Waals surface area (Å²) in [6, 6.07) is 0.813. The quantitative estimate of drug-likeness (QED) is 0.769. The van der Waals surface area contributed by atoms with Crippen molar-refractivity contribution in [1.82, 2.24) is 5.32 Å². The third kappa shape index (κ3) is 4.26. The number of hydrogen-bond donors (Lipinski definition) is 1. The number of rotatable bonds is 4. The minimum absolute atomic E-state index is 0.813. The van der Waals surface area contributed by atoms with Crippen molar-refractivity contribution in [2.24, 2.45) is 23.7 Å². The summed E-state index contributed by atoms with van der Waals surface area (Å²) in [4.78, 5) is 0. The fraction of sp³-hybridized carbons (Fsp3) is 1.00. The molecule has 2 saturated carbocycles. The predicted molar refractivity (Wildman–Crippen MR) is 79.7 cm³/mol. The van der Waals surface area contributed by atoms with E-state index in [0.29, 0.717) is 0 Å². The van der Waals surface area contributed by atoms with Gasteiger partial charge in [0.15, 0.2) is 0 Å². The van der Waals surface area contributed by atoms with Crippen molar-refractivity contribution in [3.63, 3.8) is 0 Å². The molecule has 2 rings (SSSR count). The van der Waals surface area contributed by atoms with E-state index >= 15 is 0 Å². The maximum atomic E-state index is 3.88. The van der Waals surface area contributed by atoms with Crippen LogP contribution >= 0.6 is 0 Å². The summed E-state index contributed by atoms with van der Waals surface area (Å²) in [5.74, 6) is 3.88. The zero-order chi connectivity index (χ0) is 13.0. The third-order valence-corrected chi connectivity index (χ3v) is 5.42. The Labute approximate surface area is 114 Å². The molecule has 0 radical (unpaired) electrons. The first-order valence-electron chi connectivity index (χ1n) is 8.40. The lowest BCUT2D eigenvalue weighted by Crippen LogP contribution is -2.39. The van der Waals surface area contributed by atoms with E-state index in [1.165, 1.54) is 57.9 Å². The molecule has 2 aliphatic rings. The van der Waals surface area contributed by atoms with Crippen LogP contribution in [0.25, 0.3) is 0 Å². The van der Waals surface area contributed by atoms with E-state index in [2.05, 4.69) is 26.1 Å². The van der Waals surface area contributed by atoms with Crippen molar-refractivity contribution >= 4 is 0 Å². The molecule has 0 saturated heterocycles. The second-order valence-electron chi connectivity index (χ2n) is 7.32. The smallest absolute Gasteiger partial charge is 0.00722 e. The van der Waals surface area contributed by atoms with Gasteiger partial charge in [0.05, 0.1) is 0 Å². The van der Waals surface area contributed by atoms with Gasteiger partial charge in [0, 0.05) is 6.04 Å². The largest absolute Gasteiger partial charge is 0.314 e. The van der Waals surface area contributed by atoms with Gasteiger partial charge in [-0.1, -0.05) is 40.0 Å². The van der Waals surface area contributed by atoms with Crippen LogP contribution in [-0.2, 0) is 0 Å². The average molecular weight is 251 g/mol. The van der Waals surface area contributed by atoms with Crippen LogP contribution in [0.1, 0.15) is 72.1 Å². The van der Waals surface area contributed by atoms with E-state index in [0.717, 1.165) is 29.7 Å². The van der Waals surface area contributed by atoms with E-state index in [-0.39, 0.29) is 0 Å². The Balaban J connectivity index is 1.65. The van der Waals surface area contributed by atoms with Crippen molar-refractivity contribution in [3.05, 3.63) is 0 Å². The van der Waals surface area contributed by atoms with E-state index in [1.807, 2.05) is 0 Å². The highest BCUT2D eigenvalue weighted by Crippen LogP contribution is 2.31. The van der Waals surface area contributed by atoms with Gasteiger partial charge in [-0.15, -0.1) is 0 Å². The first kappa shape index (κ1) is 14.4. The maximum absolute atomic E-state index is 3.88. The second kappa shape index (κ2) is 6.93. The van der Waals surface area contributed by atoms with Crippen LogP contribution in [-0.4, -0.2) is 12.6 Å². The van der Waals surface area contributed by atoms with E-state index in [4.69, 9.17) is 0 Å². The van der Waals surface area contributed by atoms with E-state index < -0.39 is 0 Å². The van der Waals surface area contributed by atoms with E-state index in [9.17, 15) is 0 Å². The second-order valence-corrected chi connectivity index (χ2v) is 7.32. The highest BCUT2D eigenvalue weighted by atomic mass is 14.9. The van der Waals surface area contributed by atoms with E-state index in [1.54, 1.807) is 0 Å². The molecule has 0 aromatic rings. The van der Waals surface area contributed by atoms with Crippen molar-refractivity contribution < 1.29 is 0 Å². The Morgan fingerprint density at radius 1 is 0.833 bits per heavy atom. The molecule has 0 bridgehead atoms. The van der Waals surface area contributed by atoms with Crippen molar-refractivity contribution in [2.75, 3.05) is 6.54 Å². The number of hydrogen-bond acceptors (Lipinski definition) is 1. The standard InChI is InChI=1S/C17H33N/c1-4-15-5-7-16(8-6-15)12-18-17-10-13(2)9-14(3)11-17/h13-18H,4-12H2,1-3H3. The van der Waals surface area contributed by atoms with Crippen LogP contribution in [0.5, 0.6) is 0 Å². The average Bonchev–Trinajstić information content (AvgIpc) is 2.36. The lowest BCUT2D eigenvalue weighted by Gasteiger charge is -2.34. The summed E-state index contributed by atoms with van der Waals surface area (Å²) in [6.45, 7) is 8.50. The monoisotopic (exact) mass is 251 g/mol. The molecule has 2 fully saturated rings. The molecular weight excluding hydrogens is 218 g/mol. The molecule has 0 amide bonds. The highest BCUT2D eigenvalue weighted by Gasteiger charge is 2.25. The van der Waals surface area contributed by atoms with Gasteiger partial charge in [0.1, 0.15) is 0 Å². The SMILES string of the molecule is CCC1CCC(CNC2CC(C)CC(C)C2)CC1. The lowest BCUT2D eigenvalue weighted by atomic mass is 9.79. The molecule has 1 N–H and O–H groups in total. The summed E-state index contributed by atoms with van der Waals surface area (Å²) >= 11 is 0. The summed E-state index contributed by atoms with van der Waals surface area (Å²) < 4.78 is 0. The fourth-order valence-electron chi connectivity index (χ4n) is 4.29. The molecular formula is C17H33N. The van der Waals surface area contributed by atoms with Gasteiger partial charge in [-0.3, -0.25) is 0 Å². The Morgan fingerprint density at radius 3 is 1.94 bits per heavy atom. The summed E-state index contributed by atoms with van der Waals surface area (Å²) in [5.41, 5.74) is 0. The molecule has 18 heavy (non-hydrogen) atoms. The molecule has 0 aromatic carbocycles. The zero-order valence-corrected chi connectivity index (χ0v) is 12.8. The minimum atomic E-state index is 0.813. The topological polar surface area (TPSA) is 12.0 Å². The fourth-order valence-corrected chi connectivity index (χ4v) is 4.29. The van der Waals surface area contributed by atoms with Crippen LogP contribution in [0.15, 0.2) is 0 Å². The zero-order valence-electron chi connectivity index (χ0n) is 12.8. The van der Waals surface area contributed by atoms with Crippen molar-refractivity contribution in [2.45, 2.75) is 78.2 Å². The summed E-state index contributed by atoms with van der Waals surface area (Å²) in [7, 11) is 0. The Kier molecular flexibility index (Phi) is 5.54. The summed E-state index contributed by atoms with van der Waals surface area (Å²) in [5, 5.41) is 3.88. The Bertz CT molecular complexity index is 220. The number of nitrogens with one attached hydrogen (secondary N) is 1. The predicted octanol–water partition coefficient (Wildman–Crippen LogP) is 4.62. The Hall–Kier alpha value is -0.0400. The van der Waals surface area contributed by atoms with Crippen molar-refractivity contribution in [1.29, 1.82) is 0 Å². The molecule has 1 nitrogen and oxygen atoms in total. The normalized spacial score (nSPS) is 41.8. The van der Waals surface area contributed by atoms with Crippen LogP contribution < -0.4 is 5.32 Å². The van der Waals surface area contributed by atoms with Gasteiger partial charge >= 0.3 is 0 Å². The van der Waals surface area contributed by atoms with Gasteiger partial charge < -0.3 is 5.32 Å². The molecule has 0 heterocycles. The van der Waals surface area contributed by atoms with Gasteiger partial charge in [-0.2, -0.15) is 0 Å². The molecule has 2 unspecified atom stereocenters. The van der Waals surface area contributed by atoms with Crippen LogP contribution in [0, 0.1) is 23.7 Å². The third-order valence-electron chi connectivity index (χ3n) is 5.42. The van der Waals surface area contributed by atoms with Crippen molar-refractivity contribution in [3.8, 4) is 0 Å². The lowest BCUT2D eigenvalue weighted by molar-refractivity contribution is 0.212. The summed E-state index contributed by atoms with van der Waals surface area (Å²) in [6.07, 6.45) is 11.6. The van der Waals surface area contributed by atoms with Gasteiger partial charge in [0.25, 0.3) is 0 Å².